The first-order chi connectivity index (χ1) is 6.63. The Kier molecular flexibility index (Phi) is 4.52. The van der Waals surface area contributed by atoms with E-state index in [-0.39, 0.29) is 0 Å². The first-order valence-electron chi connectivity index (χ1n) is 5.08. The number of hydrogen-bond donors (Lipinski definition) is 0. The summed E-state index contributed by atoms with van der Waals surface area (Å²) in [5.41, 5.74) is 2.26. The van der Waals surface area contributed by atoms with E-state index in [1.165, 1.54) is 0 Å². The fraction of sp³-hybridized carbons (Fsp3) is 0.636. The number of rotatable bonds is 4. The molecule has 2 nitrogen and oxygen atoms in total. The summed E-state index contributed by atoms with van der Waals surface area (Å²) < 4.78 is 0. The highest BCUT2D eigenvalue weighted by Crippen LogP contribution is 2.15. The third kappa shape index (κ3) is 3.37. The lowest BCUT2D eigenvalue weighted by molar-refractivity contribution is 0.772. The van der Waals surface area contributed by atoms with Gasteiger partial charge >= 0.3 is 0 Å². The van der Waals surface area contributed by atoms with Gasteiger partial charge in [0.1, 0.15) is 6.33 Å². The molecule has 3 heteroatoms. The smallest absolute Gasteiger partial charge is 0.115 e. The van der Waals surface area contributed by atoms with E-state index in [0.29, 0.717) is 10.7 Å². The Bertz CT molecular complexity index is 286. The third-order valence-electron chi connectivity index (χ3n) is 2.21. The molecule has 1 aromatic heterocycles. The molecule has 14 heavy (non-hydrogen) atoms. The molecule has 1 heterocycles. The first kappa shape index (κ1) is 11.6. The maximum absolute atomic E-state index is 4.27. The van der Waals surface area contributed by atoms with Crippen LogP contribution in [0.1, 0.15) is 44.5 Å². The van der Waals surface area contributed by atoms with Crippen LogP contribution < -0.4 is 0 Å². The van der Waals surface area contributed by atoms with Crippen molar-refractivity contribution in [2.75, 3.05) is 0 Å². The first-order valence-corrected chi connectivity index (χ1v) is 6.00. The standard InChI is InChI=1S/C11H17BrN2/c1-4-9(12)5-10-6-11(8(2)3)14-7-13-10/h6-9H,4-5H2,1-3H3. The van der Waals surface area contributed by atoms with E-state index in [0.717, 1.165) is 24.2 Å². The Labute approximate surface area is 94.3 Å². The second-order valence-electron chi connectivity index (χ2n) is 3.80. The van der Waals surface area contributed by atoms with E-state index in [9.17, 15) is 0 Å². The normalized spacial score (nSPS) is 13.2. The van der Waals surface area contributed by atoms with Crippen molar-refractivity contribution in [3.05, 3.63) is 23.8 Å². The number of halogens is 1. The summed E-state index contributed by atoms with van der Waals surface area (Å²) in [5.74, 6) is 0.479. The van der Waals surface area contributed by atoms with Crippen LogP contribution in [0.3, 0.4) is 0 Å². The van der Waals surface area contributed by atoms with E-state index in [1.54, 1.807) is 6.33 Å². The highest BCUT2D eigenvalue weighted by molar-refractivity contribution is 9.09. The summed E-state index contributed by atoms with van der Waals surface area (Å²) >= 11 is 3.61. The molecule has 0 bridgehead atoms. The quantitative estimate of drug-likeness (QED) is 0.773. The lowest BCUT2D eigenvalue weighted by atomic mass is 10.1. The van der Waals surface area contributed by atoms with Crippen molar-refractivity contribution < 1.29 is 0 Å². The fourth-order valence-corrected chi connectivity index (χ4v) is 1.55. The van der Waals surface area contributed by atoms with Crippen LogP contribution >= 0.6 is 15.9 Å². The molecule has 0 amide bonds. The lowest BCUT2D eigenvalue weighted by Gasteiger charge is -2.08. The lowest BCUT2D eigenvalue weighted by Crippen LogP contribution is -2.04. The minimum absolute atomic E-state index is 0.479. The van der Waals surface area contributed by atoms with E-state index >= 15 is 0 Å². The zero-order valence-corrected chi connectivity index (χ0v) is 10.6. The summed E-state index contributed by atoms with van der Waals surface area (Å²) in [4.78, 5) is 9.04. The highest BCUT2D eigenvalue weighted by atomic mass is 79.9. The molecular weight excluding hydrogens is 240 g/mol. The van der Waals surface area contributed by atoms with Gasteiger partial charge in [-0.1, -0.05) is 36.7 Å². The van der Waals surface area contributed by atoms with Crippen molar-refractivity contribution in [3.63, 3.8) is 0 Å². The SMILES string of the molecule is CCC(Br)Cc1cc(C(C)C)ncn1. The molecule has 1 aromatic rings. The van der Waals surface area contributed by atoms with Crippen LogP contribution in [0.5, 0.6) is 0 Å². The van der Waals surface area contributed by atoms with Gasteiger partial charge in [-0.3, -0.25) is 0 Å². The Hall–Kier alpha value is -0.440. The van der Waals surface area contributed by atoms with Gasteiger partial charge in [0.2, 0.25) is 0 Å². The van der Waals surface area contributed by atoms with Crippen molar-refractivity contribution in [2.24, 2.45) is 0 Å². The van der Waals surface area contributed by atoms with Gasteiger partial charge in [-0.25, -0.2) is 9.97 Å². The average Bonchev–Trinajstić information content (AvgIpc) is 2.18. The summed E-state index contributed by atoms with van der Waals surface area (Å²) in [6, 6.07) is 2.11. The molecule has 0 saturated heterocycles. The van der Waals surface area contributed by atoms with E-state index in [4.69, 9.17) is 0 Å². The van der Waals surface area contributed by atoms with Gasteiger partial charge in [-0.2, -0.15) is 0 Å². The summed E-state index contributed by atoms with van der Waals surface area (Å²) in [7, 11) is 0. The van der Waals surface area contributed by atoms with E-state index < -0.39 is 0 Å². The zero-order chi connectivity index (χ0) is 10.6. The van der Waals surface area contributed by atoms with E-state index in [1.807, 2.05) is 0 Å². The molecule has 0 aliphatic heterocycles. The number of alkyl halides is 1. The minimum Gasteiger partial charge on any atom is -0.241 e. The molecular formula is C11H17BrN2. The van der Waals surface area contributed by atoms with Crippen molar-refractivity contribution >= 4 is 15.9 Å². The van der Waals surface area contributed by atoms with Gasteiger partial charge in [0, 0.05) is 22.6 Å². The van der Waals surface area contributed by atoms with E-state index in [2.05, 4.69) is 52.7 Å². The van der Waals surface area contributed by atoms with Gasteiger partial charge in [0.15, 0.2) is 0 Å². The Balaban J connectivity index is 2.73. The predicted octanol–water partition coefficient (Wildman–Crippen LogP) is 3.32. The topological polar surface area (TPSA) is 25.8 Å². The number of aromatic nitrogens is 2. The van der Waals surface area contributed by atoms with Gasteiger partial charge in [-0.15, -0.1) is 0 Å². The molecule has 1 rings (SSSR count). The third-order valence-corrected chi connectivity index (χ3v) is 3.18. The Morgan fingerprint density at radius 2 is 2.07 bits per heavy atom. The maximum Gasteiger partial charge on any atom is 0.115 e. The van der Waals surface area contributed by atoms with Gasteiger partial charge in [0.25, 0.3) is 0 Å². The van der Waals surface area contributed by atoms with Crippen molar-refractivity contribution in [1.82, 2.24) is 9.97 Å². The molecule has 0 aliphatic rings. The van der Waals surface area contributed by atoms with Crippen molar-refractivity contribution in [2.45, 2.75) is 44.4 Å². The van der Waals surface area contributed by atoms with Crippen molar-refractivity contribution in [1.29, 1.82) is 0 Å². The predicted molar refractivity (Wildman–Crippen MR) is 62.8 cm³/mol. The fourth-order valence-electron chi connectivity index (χ4n) is 1.21. The van der Waals surface area contributed by atoms with Crippen LogP contribution in [-0.4, -0.2) is 14.8 Å². The van der Waals surface area contributed by atoms with Gasteiger partial charge in [0.05, 0.1) is 0 Å². The molecule has 0 spiro atoms. The highest BCUT2D eigenvalue weighted by Gasteiger charge is 2.06. The molecule has 1 atom stereocenters. The van der Waals surface area contributed by atoms with Crippen LogP contribution in [0.4, 0.5) is 0 Å². The second-order valence-corrected chi connectivity index (χ2v) is 5.09. The molecule has 0 radical (unpaired) electrons. The maximum atomic E-state index is 4.27. The number of hydrogen-bond acceptors (Lipinski definition) is 2. The van der Waals surface area contributed by atoms with Crippen LogP contribution in [0.15, 0.2) is 12.4 Å². The zero-order valence-electron chi connectivity index (χ0n) is 9.00. The molecule has 78 valence electrons. The van der Waals surface area contributed by atoms with Crippen LogP contribution in [0.25, 0.3) is 0 Å². The van der Waals surface area contributed by atoms with Gasteiger partial charge in [-0.05, 0) is 18.4 Å². The average molecular weight is 257 g/mol. The Morgan fingerprint density at radius 1 is 1.36 bits per heavy atom. The van der Waals surface area contributed by atoms with Crippen LogP contribution in [0.2, 0.25) is 0 Å². The molecule has 0 N–H and O–H groups in total. The van der Waals surface area contributed by atoms with Crippen molar-refractivity contribution in [3.8, 4) is 0 Å². The molecule has 0 fully saturated rings. The Morgan fingerprint density at radius 3 is 2.64 bits per heavy atom. The summed E-state index contributed by atoms with van der Waals surface area (Å²) in [6.45, 7) is 6.47. The largest absolute Gasteiger partial charge is 0.241 e. The number of nitrogens with zero attached hydrogens (tertiary/aromatic N) is 2. The second kappa shape index (κ2) is 5.44. The van der Waals surface area contributed by atoms with Crippen LogP contribution in [-0.2, 0) is 6.42 Å². The minimum atomic E-state index is 0.479. The molecule has 0 aliphatic carbocycles. The molecule has 0 saturated carbocycles. The van der Waals surface area contributed by atoms with Crippen LogP contribution in [0, 0.1) is 0 Å². The molecule has 0 aromatic carbocycles. The molecule has 1 unspecified atom stereocenters. The summed E-state index contributed by atoms with van der Waals surface area (Å²) in [5, 5.41) is 0. The summed E-state index contributed by atoms with van der Waals surface area (Å²) in [6.07, 6.45) is 3.78. The van der Waals surface area contributed by atoms with Gasteiger partial charge < -0.3 is 0 Å². The monoisotopic (exact) mass is 256 g/mol.